The fraction of sp³-hybridized carbons (Fsp3) is 0.269. The van der Waals surface area contributed by atoms with Crippen LogP contribution in [-0.4, -0.2) is 62.3 Å². The first-order chi connectivity index (χ1) is 19.5. The van der Waals surface area contributed by atoms with Crippen molar-refractivity contribution in [3.63, 3.8) is 0 Å². The summed E-state index contributed by atoms with van der Waals surface area (Å²) < 4.78 is 37.3. The zero-order valence-electron chi connectivity index (χ0n) is 21.8. The quantitative estimate of drug-likeness (QED) is 0.297. The summed E-state index contributed by atoms with van der Waals surface area (Å²) in [4.78, 5) is 48.5. The minimum Gasteiger partial charge on any atom is -0.504 e. The molecular formula is C26H24ClF2N7O5. The number of methoxy groups -OCH3 is 1. The van der Waals surface area contributed by atoms with E-state index in [-0.39, 0.29) is 27.7 Å². The number of primary amides is 1. The van der Waals surface area contributed by atoms with Gasteiger partial charge in [0.1, 0.15) is 18.0 Å². The third-order valence-corrected chi connectivity index (χ3v) is 7.21. The topological polar surface area (TPSA) is 158 Å². The number of aryl methyl sites for hydroxylation is 1. The van der Waals surface area contributed by atoms with Crippen LogP contribution in [-0.2, 0) is 23.1 Å². The minimum absolute atomic E-state index is 0.00375. The zero-order valence-corrected chi connectivity index (χ0v) is 22.6. The van der Waals surface area contributed by atoms with Crippen LogP contribution < -0.4 is 21.5 Å². The molecular weight excluding hydrogens is 564 g/mol. The molecule has 5 rings (SSSR count). The summed E-state index contributed by atoms with van der Waals surface area (Å²) in [5.74, 6) is -5.67. The van der Waals surface area contributed by atoms with Crippen LogP contribution >= 0.6 is 11.6 Å². The van der Waals surface area contributed by atoms with E-state index in [0.717, 1.165) is 17.1 Å². The Morgan fingerprint density at radius 2 is 2.00 bits per heavy atom. The Morgan fingerprint density at radius 3 is 2.68 bits per heavy atom. The van der Waals surface area contributed by atoms with Crippen LogP contribution in [0.5, 0.6) is 5.75 Å². The van der Waals surface area contributed by atoms with Gasteiger partial charge in [-0.25, -0.2) is 14.4 Å². The lowest BCUT2D eigenvalue weighted by atomic mass is 10.0. The highest BCUT2D eigenvalue weighted by Crippen LogP contribution is 2.36. The molecule has 2 amide bonds. The molecule has 0 spiro atoms. The van der Waals surface area contributed by atoms with Gasteiger partial charge in [0.15, 0.2) is 11.6 Å². The third-order valence-electron chi connectivity index (χ3n) is 6.91. The molecule has 0 saturated carbocycles. The summed E-state index contributed by atoms with van der Waals surface area (Å²) in [5.41, 5.74) is 3.51. The summed E-state index contributed by atoms with van der Waals surface area (Å²) in [7, 11) is 3.04. The molecule has 1 atom stereocenters. The molecule has 1 aliphatic rings. The van der Waals surface area contributed by atoms with Crippen molar-refractivity contribution in [3.05, 3.63) is 63.4 Å². The maximum Gasteiger partial charge on any atom is 0.263 e. The van der Waals surface area contributed by atoms with Gasteiger partial charge in [0.05, 0.1) is 40.3 Å². The highest BCUT2D eigenvalue weighted by Gasteiger charge is 2.27. The number of carbonyl (C=O) groups is 2. The van der Waals surface area contributed by atoms with Gasteiger partial charge in [0, 0.05) is 50.6 Å². The molecule has 4 heterocycles. The number of carbonyl (C=O) groups excluding carboxylic acids is 2. The van der Waals surface area contributed by atoms with E-state index in [4.69, 9.17) is 22.1 Å². The maximum absolute atomic E-state index is 15.0. The van der Waals surface area contributed by atoms with Crippen LogP contribution in [0.3, 0.4) is 0 Å². The predicted octanol–water partition coefficient (Wildman–Crippen LogP) is 2.40. The molecule has 0 radical (unpaired) electrons. The average molecular weight is 588 g/mol. The summed E-state index contributed by atoms with van der Waals surface area (Å²) in [6.07, 6.45) is 4.74. The number of pyridine rings is 1. The number of hydrogen-bond acceptors (Lipinski definition) is 8. The van der Waals surface area contributed by atoms with Gasteiger partial charge in [-0.3, -0.25) is 14.4 Å². The number of amides is 2. The molecule has 4 N–H and O–H groups in total. The highest BCUT2D eigenvalue weighted by atomic mass is 35.5. The molecule has 1 aliphatic heterocycles. The average Bonchev–Trinajstić information content (AvgIpc) is 3.56. The number of rotatable bonds is 7. The van der Waals surface area contributed by atoms with Gasteiger partial charge in [-0.2, -0.15) is 4.39 Å². The number of nitrogens with one attached hydrogen (secondary N) is 1. The first-order valence-electron chi connectivity index (χ1n) is 12.3. The summed E-state index contributed by atoms with van der Waals surface area (Å²) >= 11 is 6.29. The normalized spacial score (nSPS) is 15.0. The molecule has 1 saturated heterocycles. The van der Waals surface area contributed by atoms with Crippen molar-refractivity contribution in [2.24, 2.45) is 12.8 Å². The number of anilines is 2. The second-order valence-corrected chi connectivity index (χ2v) is 9.91. The first kappa shape index (κ1) is 28.0. The van der Waals surface area contributed by atoms with Crippen molar-refractivity contribution < 1.29 is 28.2 Å². The largest absolute Gasteiger partial charge is 0.504 e. The van der Waals surface area contributed by atoms with Crippen molar-refractivity contribution in [1.29, 1.82) is 0 Å². The van der Waals surface area contributed by atoms with E-state index >= 15 is 4.39 Å². The number of benzene rings is 1. The second kappa shape index (κ2) is 10.8. The number of aromatic hydroxyl groups is 1. The molecule has 3 aromatic heterocycles. The molecule has 15 heteroatoms. The molecule has 41 heavy (non-hydrogen) atoms. The number of aromatic nitrogens is 4. The van der Waals surface area contributed by atoms with Crippen LogP contribution in [0.2, 0.25) is 5.02 Å². The monoisotopic (exact) mass is 587 g/mol. The van der Waals surface area contributed by atoms with E-state index in [9.17, 15) is 23.9 Å². The van der Waals surface area contributed by atoms with Crippen LogP contribution in [0.15, 0.2) is 35.6 Å². The number of nitrogens with zero attached hydrogens (tertiary/aromatic N) is 5. The summed E-state index contributed by atoms with van der Waals surface area (Å²) in [5, 5.41) is 12.6. The van der Waals surface area contributed by atoms with Crippen molar-refractivity contribution in [3.8, 4) is 16.9 Å². The zero-order chi connectivity index (χ0) is 29.6. The van der Waals surface area contributed by atoms with E-state index in [1.54, 1.807) is 13.2 Å². The summed E-state index contributed by atoms with van der Waals surface area (Å²) in [6, 6.07) is 2.47. The van der Waals surface area contributed by atoms with Crippen LogP contribution in [0.4, 0.5) is 20.3 Å². The van der Waals surface area contributed by atoms with E-state index < -0.39 is 52.4 Å². The van der Waals surface area contributed by atoms with Crippen LogP contribution in [0.1, 0.15) is 16.8 Å². The number of ether oxygens (including phenoxy) is 1. The van der Waals surface area contributed by atoms with E-state index in [1.165, 1.54) is 30.3 Å². The molecule has 1 fully saturated rings. The molecule has 4 aromatic rings. The SMILES string of the molecule is CO[C@@H]1CCN(c2cc(NC(=O)Cn3cc(-c4cc(C(N)=O)c(O)c(F)c4F)c4c(=O)n(C)cnc43)c(Cl)cn2)C1. The van der Waals surface area contributed by atoms with Crippen molar-refractivity contribution >= 4 is 46.0 Å². The Balaban J connectivity index is 1.52. The van der Waals surface area contributed by atoms with E-state index in [2.05, 4.69) is 15.3 Å². The Hall–Kier alpha value is -4.56. The lowest BCUT2D eigenvalue weighted by Crippen LogP contribution is -2.24. The first-order valence-corrected chi connectivity index (χ1v) is 12.7. The maximum atomic E-state index is 15.0. The molecule has 12 nitrogen and oxygen atoms in total. The molecule has 214 valence electrons. The van der Waals surface area contributed by atoms with Gasteiger partial charge in [0.25, 0.3) is 11.5 Å². The lowest BCUT2D eigenvalue weighted by molar-refractivity contribution is -0.116. The van der Waals surface area contributed by atoms with Gasteiger partial charge in [-0.1, -0.05) is 11.6 Å². The Kier molecular flexibility index (Phi) is 7.36. The van der Waals surface area contributed by atoms with Gasteiger partial charge in [0.2, 0.25) is 11.7 Å². The van der Waals surface area contributed by atoms with Gasteiger partial charge < -0.3 is 34.9 Å². The smallest absolute Gasteiger partial charge is 0.263 e. The van der Waals surface area contributed by atoms with E-state index in [0.29, 0.717) is 24.6 Å². The Morgan fingerprint density at radius 1 is 1.24 bits per heavy atom. The second-order valence-electron chi connectivity index (χ2n) is 9.51. The Bertz CT molecular complexity index is 1770. The molecule has 0 bridgehead atoms. The van der Waals surface area contributed by atoms with Crippen molar-refractivity contribution in [2.45, 2.75) is 19.1 Å². The van der Waals surface area contributed by atoms with Crippen molar-refractivity contribution in [2.75, 3.05) is 30.4 Å². The van der Waals surface area contributed by atoms with Crippen LogP contribution in [0, 0.1) is 11.6 Å². The number of nitrogens with two attached hydrogens (primary N) is 1. The standard InChI is InChI=1S/C26H24ClF2N7O5/c1-34-11-32-25-20(26(34)40)15(13-5-14(24(30)39)23(38)22(29)21(13)28)9-36(25)10-19(37)33-17-6-18(31-7-16(17)27)35-4-3-12(8-35)41-2/h5-7,9,11-12,38H,3-4,8,10H2,1-2H3,(H2,30,39)(H,31,33,37)/t12-/m1/s1. The van der Waals surface area contributed by atoms with Gasteiger partial charge in [-0.05, 0) is 12.5 Å². The van der Waals surface area contributed by atoms with Crippen molar-refractivity contribution in [1.82, 2.24) is 19.1 Å². The van der Waals surface area contributed by atoms with Gasteiger partial charge in [-0.15, -0.1) is 0 Å². The fourth-order valence-electron chi connectivity index (χ4n) is 4.76. The fourth-order valence-corrected chi connectivity index (χ4v) is 4.91. The van der Waals surface area contributed by atoms with E-state index in [1.807, 2.05) is 4.90 Å². The predicted molar refractivity (Wildman–Crippen MR) is 146 cm³/mol. The number of hydrogen-bond donors (Lipinski definition) is 3. The third kappa shape index (κ3) is 5.07. The number of phenols is 1. The molecule has 1 aromatic carbocycles. The minimum atomic E-state index is -1.71. The molecule has 0 aliphatic carbocycles. The highest BCUT2D eigenvalue weighted by molar-refractivity contribution is 6.33. The van der Waals surface area contributed by atoms with Crippen LogP contribution in [0.25, 0.3) is 22.2 Å². The Labute approximate surface area is 235 Å². The summed E-state index contributed by atoms with van der Waals surface area (Å²) in [6.45, 7) is 0.944. The van der Waals surface area contributed by atoms with Gasteiger partial charge >= 0.3 is 0 Å². The molecule has 0 unspecified atom stereocenters. The number of fused-ring (bicyclic) bond motifs is 1. The number of halogens is 3. The lowest BCUT2D eigenvalue weighted by Gasteiger charge is -2.18.